The number of thioether (sulfide) groups is 1. The highest BCUT2D eigenvalue weighted by Crippen LogP contribution is 2.21. The standard InChI is InChI=1S/C13H20N2O2S/c1-9(6-7-18-3)15-12-5-4-10(14)8-11(12)13(16)17-2/h4-5,8-9,15H,6-7,14H2,1-3H3. The van der Waals surface area contributed by atoms with Gasteiger partial charge in [0, 0.05) is 17.4 Å². The van der Waals surface area contributed by atoms with Crippen molar-refractivity contribution in [1.82, 2.24) is 0 Å². The van der Waals surface area contributed by atoms with Crippen molar-refractivity contribution in [3.8, 4) is 0 Å². The molecule has 5 heteroatoms. The highest BCUT2D eigenvalue weighted by Gasteiger charge is 2.13. The summed E-state index contributed by atoms with van der Waals surface area (Å²) in [4.78, 5) is 11.7. The highest BCUT2D eigenvalue weighted by atomic mass is 32.2. The molecule has 0 bridgehead atoms. The first-order valence-corrected chi connectivity index (χ1v) is 7.21. The third-order valence-corrected chi connectivity index (χ3v) is 3.25. The second-order valence-electron chi connectivity index (χ2n) is 4.12. The molecule has 1 aromatic rings. The maximum atomic E-state index is 11.7. The molecule has 4 nitrogen and oxygen atoms in total. The van der Waals surface area contributed by atoms with Crippen LogP contribution in [-0.4, -0.2) is 31.1 Å². The fourth-order valence-corrected chi connectivity index (χ4v) is 2.19. The molecule has 0 aliphatic heterocycles. The number of benzene rings is 1. The van der Waals surface area contributed by atoms with E-state index in [1.54, 1.807) is 23.9 Å². The average molecular weight is 268 g/mol. The number of nitrogen functional groups attached to an aromatic ring is 1. The molecular weight excluding hydrogens is 248 g/mol. The average Bonchev–Trinajstić information content (AvgIpc) is 2.37. The maximum absolute atomic E-state index is 11.7. The summed E-state index contributed by atoms with van der Waals surface area (Å²) in [6, 6.07) is 5.52. The lowest BCUT2D eigenvalue weighted by Gasteiger charge is -2.17. The van der Waals surface area contributed by atoms with Crippen LogP contribution in [0, 0.1) is 0 Å². The number of carbonyl (C=O) groups is 1. The van der Waals surface area contributed by atoms with E-state index in [1.807, 2.05) is 6.07 Å². The number of nitrogens with two attached hydrogens (primary N) is 1. The first-order chi connectivity index (χ1) is 8.58. The molecule has 100 valence electrons. The number of esters is 1. The molecule has 0 aromatic heterocycles. The van der Waals surface area contributed by atoms with E-state index in [4.69, 9.17) is 10.5 Å². The summed E-state index contributed by atoms with van der Waals surface area (Å²) in [6.45, 7) is 2.09. The minimum Gasteiger partial charge on any atom is -0.465 e. The molecule has 0 radical (unpaired) electrons. The number of ether oxygens (including phenoxy) is 1. The molecule has 1 rings (SSSR count). The molecule has 0 aliphatic carbocycles. The van der Waals surface area contributed by atoms with Gasteiger partial charge < -0.3 is 15.8 Å². The predicted molar refractivity (Wildman–Crippen MR) is 78.3 cm³/mol. The van der Waals surface area contributed by atoms with Crippen LogP contribution in [0.4, 0.5) is 11.4 Å². The molecule has 0 saturated heterocycles. The second-order valence-corrected chi connectivity index (χ2v) is 5.11. The van der Waals surface area contributed by atoms with Crippen LogP contribution in [0.3, 0.4) is 0 Å². The van der Waals surface area contributed by atoms with Crippen molar-refractivity contribution in [1.29, 1.82) is 0 Å². The smallest absolute Gasteiger partial charge is 0.340 e. The first-order valence-electron chi connectivity index (χ1n) is 5.81. The van der Waals surface area contributed by atoms with Gasteiger partial charge in [-0.15, -0.1) is 0 Å². The Kier molecular flexibility index (Phi) is 5.85. The summed E-state index contributed by atoms with van der Waals surface area (Å²) in [5.74, 6) is 0.707. The van der Waals surface area contributed by atoms with Gasteiger partial charge in [0.25, 0.3) is 0 Å². The van der Waals surface area contributed by atoms with Gasteiger partial charge in [0.2, 0.25) is 0 Å². The van der Waals surface area contributed by atoms with Crippen LogP contribution in [0.5, 0.6) is 0 Å². The largest absolute Gasteiger partial charge is 0.465 e. The molecule has 1 atom stereocenters. The van der Waals surface area contributed by atoms with Crippen LogP contribution in [0.25, 0.3) is 0 Å². The maximum Gasteiger partial charge on any atom is 0.340 e. The molecule has 0 aliphatic rings. The van der Waals surface area contributed by atoms with Crippen LogP contribution < -0.4 is 11.1 Å². The summed E-state index contributed by atoms with van der Waals surface area (Å²) >= 11 is 1.81. The van der Waals surface area contributed by atoms with Crippen LogP contribution >= 0.6 is 11.8 Å². The molecule has 0 fully saturated rings. The molecular formula is C13H20N2O2S. The van der Waals surface area contributed by atoms with Crippen LogP contribution in [0.1, 0.15) is 23.7 Å². The third kappa shape index (κ3) is 4.14. The number of hydrogen-bond acceptors (Lipinski definition) is 5. The van der Waals surface area contributed by atoms with Crippen molar-refractivity contribution in [2.75, 3.05) is 30.2 Å². The van der Waals surface area contributed by atoms with Gasteiger partial charge in [-0.3, -0.25) is 0 Å². The van der Waals surface area contributed by atoms with E-state index < -0.39 is 0 Å². The van der Waals surface area contributed by atoms with Gasteiger partial charge >= 0.3 is 5.97 Å². The van der Waals surface area contributed by atoms with Crippen molar-refractivity contribution >= 4 is 29.1 Å². The number of rotatable bonds is 6. The van der Waals surface area contributed by atoms with Gasteiger partial charge in [0.1, 0.15) is 0 Å². The van der Waals surface area contributed by atoms with Crippen molar-refractivity contribution in [3.63, 3.8) is 0 Å². The van der Waals surface area contributed by atoms with Crippen molar-refractivity contribution in [2.24, 2.45) is 0 Å². The molecule has 0 spiro atoms. The number of hydrogen-bond donors (Lipinski definition) is 2. The highest BCUT2D eigenvalue weighted by molar-refractivity contribution is 7.98. The molecule has 0 saturated carbocycles. The fourth-order valence-electron chi connectivity index (χ4n) is 1.60. The molecule has 1 aromatic carbocycles. The van der Waals surface area contributed by atoms with E-state index in [2.05, 4.69) is 18.5 Å². The minimum absolute atomic E-state index is 0.296. The minimum atomic E-state index is -0.373. The molecule has 1 unspecified atom stereocenters. The van der Waals surface area contributed by atoms with Crippen molar-refractivity contribution in [2.45, 2.75) is 19.4 Å². The molecule has 0 amide bonds. The molecule has 3 N–H and O–H groups in total. The van der Waals surface area contributed by atoms with E-state index in [1.165, 1.54) is 7.11 Å². The van der Waals surface area contributed by atoms with E-state index in [9.17, 15) is 4.79 Å². The summed E-state index contributed by atoms with van der Waals surface area (Å²) in [5.41, 5.74) is 7.49. The van der Waals surface area contributed by atoms with Gasteiger partial charge in [-0.1, -0.05) is 0 Å². The Morgan fingerprint density at radius 1 is 1.56 bits per heavy atom. The van der Waals surface area contributed by atoms with Gasteiger partial charge in [-0.25, -0.2) is 4.79 Å². The fraction of sp³-hybridized carbons (Fsp3) is 0.462. The van der Waals surface area contributed by atoms with Crippen molar-refractivity contribution < 1.29 is 9.53 Å². The Morgan fingerprint density at radius 3 is 2.89 bits per heavy atom. The van der Waals surface area contributed by atoms with Crippen LogP contribution in [-0.2, 0) is 4.74 Å². The van der Waals surface area contributed by atoms with Gasteiger partial charge in [0.05, 0.1) is 12.7 Å². The lowest BCUT2D eigenvalue weighted by atomic mass is 10.1. The summed E-state index contributed by atoms with van der Waals surface area (Å²) < 4.78 is 4.76. The number of carbonyl (C=O) groups excluding carboxylic acids is 1. The van der Waals surface area contributed by atoms with Crippen LogP contribution in [0.2, 0.25) is 0 Å². The Labute approximate surface area is 112 Å². The number of nitrogens with one attached hydrogen (secondary N) is 1. The zero-order valence-electron chi connectivity index (χ0n) is 11.0. The topological polar surface area (TPSA) is 64.3 Å². The Morgan fingerprint density at radius 2 is 2.28 bits per heavy atom. The quantitative estimate of drug-likeness (QED) is 0.613. The van der Waals surface area contributed by atoms with Gasteiger partial charge in [0.15, 0.2) is 0 Å². The Balaban J connectivity index is 2.84. The third-order valence-electron chi connectivity index (χ3n) is 2.61. The SMILES string of the molecule is COC(=O)c1cc(N)ccc1NC(C)CCSC. The lowest BCUT2D eigenvalue weighted by molar-refractivity contribution is 0.0602. The number of anilines is 2. The van der Waals surface area contributed by atoms with E-state index in [0.717, 1.165) is 17.9 Å². The van der Waals surface area contributed by atoms with Gasteiger partial charge in [-0.05, 0) is 43.6 Å². The monoisotopic (exact) mass is 268 g/mol. The summed E-state index contributed by atoms with van der Waals surface area (Å²) in [5, 5.41) is 3.32. The van der Waals surface area contributed by atoms with Gasteiger partial charge in [-0.2, -0.15) is 11.8 Å². The molecule has 0 heterocycles. The molecule has 18 heavy (non-hydrogen) atoms. The zero-order valence-corrected chi connectivity index (χ0v) is 11.8. The Hall–Kier alpha value is -1.36. The predicted octanol–water partition coefficient (Wildman–Crippen LogP) is 2.61. The van der Waals surface area contributed by atoms with Crippen molar-refractivity contribution in [3.05, 3.63) is 23.8 Å². The lowest BCUT2D eigenvalue weighted by Crippen LogP contribution is -2.18. The Bertz CT molecular complexity index is 410. The summed E-state index contributed by atoms with van der Waals surface area (Å²) in [6.07, 6.45) is 3.11. The number of methoxy groups -OCH3 is 1. The zero-order chi connectivity index (χ0) is 13.5. The second kappa shape index (κ2) is 7.16. The van der Waals surface area contributed by atoms with E-state index in [-0.39, 0.29) is 5.97 Å². The van der Waals surface area contributed by atoms with Crippen LogP contribution in [0.15, 0.2) is 18.2 Å². The summed E-state index contributed by atoms with van der Waals surface area (Å²) in [7, 11) is 1.37. The van der Waals surface area contributed by atoms with E-state index in [0.29, 0.717) is 17.3 Å². The normalized spacial score (nSPS) is 11.9. The van der Waals surface area contributed by atoms with E-state index >= 15 is 0 Å². The first kappa shape index (κ1) is 14.7.